The summed E-state index contributed by atoms with van der Waals surface area (Å²) in [5.41, 5.74) is 1.30. The first-order valence-corrected chi connectivity index (χ1v) is 9.41. The molecule has 2 aromatic carbocycles. The number of fused-ring (bicyclic) bond motifs is 1. The maximum atomic E-state index is 12.7. The van der Waals surface area contributed by atoms with Crippen molar-refractivity contribution < 1.29 is 18.7 Å². The molecule has 150 valence electrons. The minimum atomic E-state index is -0.734. The number of nitrogens with one attached hydrogen (secondary N) is 1. The molecule has 3 aromatic rings. The van der Waals surface area contributed by atoms with Crippen LogP contribution in [0, 0.1) is 5.92 Å². The number of methoxy groups -OCH3 is 1. The molecule has 29 heavy (non-hydrogen) atoms. The van der Waals surface area contributed by atoms with Crippen molar-refractivity contribution in [2.24, 2.45) is 5.92 Å². The first-order chi connectivity index (χ1) is 13.9. The molecule has 6 heteroatoms. The van der Waals surface area contributed by atoms with E-state index in [2.05, 4.69) is 5.32 Å². The number of carbonyl (C=O) groups is 2. The number of benzene rings is 2. The number of esters is 1. The molecule has 6 nitrogen and oxygen atoms in total. The van der Waals surface area contributed by atoms with Gasteiger partial charge in [-0.2, -0.15) is 0 Å². The third kappa shape index (κ3) is 4.71. The van der Waals surface area contributed by atoms with E-state index in [0.717, 1.165) is 5.39 Å². The molecule has 0 saturated heterocycles. The van der Waals surface area contributed by atoms with Crippen LogP contribution in [0.15, 0.2) is 63.8 Å². The molecule has 1 N–H and O–H groups in total. The Hall–Kier alpha value is -3.41. The molecule has 0 aliphatic rings. The van der Waals surface area contributed by atoms with E-state index in [1.54, 1.807) is 42.5 Å². The summed E-state index contributed by atoms with van der Waals surface area (Å²) in [5, 5.41) is 3.51. The summed E-state index contributed by atoms with van der Waals surface area (Å²) < 4.78 is 10.2. The highest BCUT2D eigenvalue weighted by Crippen LogP contribution is 2.22. The number of hydrogen-bond donors (Lipinski definition) is 1. The van der Waals surface area contributed by atoms with Gasteiger partial charge in [0.25, 0.3) is 5.91 Å². The van der Waals surface area contributed by atoms with Crippen LogP contribution in [-0.2, 0) is 9.53 Å². The molecule has 0 fully saturated rings. The maximum absolute atomic E-state index is 12.7. The quantitative estimate of drug-likeness (QED) is 0.509. The third-order valence-corrected chi connectivity index (χ3v) is 4.58. The second kappa shape index (κ2) is 8.73. The molecule has 0 spiro atoms. The van der Waals surface area contributed by atoms with Gasteiger partial charge in [0.15, 0.2) is 0 Å². The second-order valence-electron chi connectivity index (χ2n) is 7.24. The lowest BCUT2D eigenvalue weighted by Crippen LogP contribution is -2.42. The Morgan fingerprint density at radius 2 is 1.83 bits per heavy atom. The lowest BCUT2D eigenvalue weighted by Gasteiger charge is -2.18. The molecular formula is C23H23NO5. The van der Waals surface area contributed by atoms with Crippen molar-refractivity contribution in [1.29, 1.82) is 0 Å². The molecular weight excluding hydrogens is 370 g/mol. The van der Waals surface area contributed by atoms with Crippen molar-refractivity contribution >= 4 is 22.8 Å². The van der Waals surface area contributed by atoms with E-state index in [4.69, 9.17) is 9.15 Å². The molecule has 1 aromatic heterocycles. The topological polar surface area (TPSA) is 85.6 Å². The van der Waals surface area contributed by atoms with Crippen LogP contribution in [0.3, 0.4) is 0 Å². The number of rotatable bonds is 6. The standard InChI is InChI=1S/C23H23NO5/c1-14(2)11-19(23(27)28-3)24-21(25)17-9-6-8-15(12-17)18-13-16-7-4-5-10-20(16)29-22(18)26/h4-10,12-14,19H,11H2,1-3H3,(H,24,25)/t19-/m0/s1. The van der Waals surface area contributed by atoms with Gasteiger partial charge in [0.1, 0.15) is 11.6 Å². The van der Waals surface area contributed by atoms with Crippen molar-refractivity contribution in [2.75, 3.05) is 7.11 Å². The molecule has 1 atom stereocenters. The van der Waals surface area contributed by atoms with Gasteiger partial charge >= 0.3 is 11.6 Å². The van der Waals surface area contributed by atoms with Gasteiger partial charge < -0.3 is 14.5 Å². The normalized spacial score (nSPS) is 12.0. The lowest BCUT2D eigenvalue weighted by atomic mass is 10.0. The number of carbonyl (C=O) groups excluding carboxylic acids is 2. The van der Waals surface area contributed by atoms with E-state index in [1.165, 1.54) is 7.11 Å². The van der Waals surface area contributed by atoms with Crippen LogP contribution in [-0.4, -0.2) is 25.0 Å². The first-order valence-electron chi connectivity index (χ1n) is 9.41. The summed E-state index contributed by atoms with van der Waals surface area (Å²) >= 11 is 0. The fourth-order valence-electron chi connectivity index (χ4n) is 3.16. The Morgan fingerprint density at radius 1 is 1.07 bits per heavy atom. The van der Waals surface area contributed by atoms with Crippen LogP contribution in [0.2, 0.25) is 0 Å². The van der Waals surface area contributed by atoms with Crippen LogP contribution in [0.4, 0.5) is 0 Å². The highest BCUT2D eigenvalue weighted by molar-refractivity contribution is 5.98. The molecule has 0 unspecified atom stereocenters. The molecule has 0 bridgehead atoms. The molecule has 0 saturated carbocycles. The predicted octanol–water partition coefficient (Wildman–Crippen LogP) is 3.78. The van der Waals surface area contributed by atoms with Gasteiger partial charge in [0.2, 0.25) is 0 Å². The minimum Gasteiger partial charge on any atom is -0.467 e. The van der Waals surface area contributed by atoms with Crippen molar-refractivity contribution in [1.82, 2.24) is 5.32 Å². The average Bonchev–Trinajstić information content (AvgIpc) is 2.71. The van der Waals surface area contributed by atoms with Gasteiger partial charge in [-0.1, -0.05) is 44.2 Å². The molecule has 1 amide bonds. The fraction of sp³-hybridized carbons (Fsp3) is 0.261. The summed E-state index contributed by atoms with van der Waals surface area (Å²) in [5.74, 6) is -0.695. The summed E-state index contributed by atoms with van der Waals surface area (Å²) in [7, 11) is 1.29. The number of amides is 1. The average molecular weight is 393 g/mol. The summed E-state index contributed by atoms with van der Waals surface area (Å²) in [6.07, 6.45) is 0.465. The Kier molecular flexibility index (Phi) is 6.12. The molecule has 1 heterocycles. The van der Waals surface area contributed by atoms with E-state index in [1.807, 2.05) is 26.0 Å². The van der Waals surface area contributed by atoms with Gasteiger partial charge in [-0.05, 0) is 42.2 Å². The van der Waals surface area contributed by atoms with Gasteiger partial charge in [-0.25, -0.2) is 9.59 Å². The van der Waals surface area contributed by atoms with Crippen molar-refractivity contribution in [3.63, 3.8) is 0 Å². The van der Waals surface area contributed by atoms with Gasteiger partial charge in [0.05, 0.1) is 12.7 Å². The Morgan fingerprint density at radius 3 is 2.55 bits per heavy atom. The Balaban J connectivity index is 1.91. The van der Waals surface area contributed by atoms with Gasteiger partial charge in [-0.15, -0.1) is 0 Å². The smallest absolute Gasteiger partial charge is 0.344 e. The van der Waals surface area contributed by atoms with Gasteiger partial charge in [0, 0.05) is 10.9 Å². The van der Waals surface area contributed by atoms with E-state index in [-0.39, 0.29) is 5.92 Å². The minimum absolute atomic E-state index is 0.202. The number of ether oxygens (including phenoxy) is 1. The largest absolute Gasteiger partial charge is 0.467 e. The highest BCUT2D eigenvalue weighted by atomic mass is 16.5. The molecule has 0 aliphatic carbocycles. The van der Waals surface area contributed by atoms with Crippen molar-refractivity contribution in [3.05, 3.63) is 70.6 Å². The van der Waals surface area contributed by atoms with Crippen molar-refractivity contribution in [2.45, 2.75) is 26.3 Å². The van der Waals surface area contributed by atoms with E-state index >= 15 is 0 Å². The van der Waals surface area contributed by atoms with Crippen LogP contribution in [0.5, 0.6) is 0 Å². The number of hydrogen-bond acceptors (Lipinski definition) is 5. The van der Waals surface area contributed by atoms with E-state index in [9.17, 15) is 14.4 Å². The van der Waals surface area contributed by atoms with E-state index in [0.29, 0.717) is 28.7 Å². The maximum Gasteiger partial charge on any atom is 0.344 e. The van der Waals surface area contributed by atoms with Crippen LogP contribution < -0.4 is 10.9 Å². The molecule has 0 aliphatic heterocycles. The molecule has 3 rings (SSSR count). The van der Waals surface area contributed by atoms with E-state index < -0.39 is 23.5 Å². The van der Waals surface area contributed by atoms with Gasteiger partial charge in [-0.3, -0.25) is 4.79 Å². The summed E-state index contributed by atoms with van der Waals surface area (Å²) in [4.78, 5) is 37.1. The monoisotopic (exact) mass is 393 g/mol. The lowest BCUT2D eigenvalue weighted by molar-refractivity contribution is -0.143. The summed E-state index contributed by atoms with van der Waals surface area (Å²) in [6.45, 7) is 3.92. The zero-order valence-corrected chi connectivity index (χ0v) is 16.6. The summed E-state index contributed by atoms with van der Waals surface area (Å²) in [6, 6.07) is 14.9. The zero-order chi connectivity index (χ0) is 21.0. The highest BCUT2D eigenvalue weighted by Gasteiger charge is 2.23. The second-order valence-corrected chi connectivity index (χ2v) is 7.24. The first kappa shape index (κ1) is 20.3. The zero-order valence-electron chi connectivity index (χ0n) is 16.6. The predicted molar refractivity (Wildman–Crippen MR) is 111 cm³/mol. The van der Waals surface area contributed by atoms with Crippen molar-refractivity contribution in [3.8, 4) is 11.1 Å². The SMILES string of the molecule is COC(=O)[C@H](CC(C)C)NC(=O)c1cccc(-c2cc3ccccc3oc2=O)c1. The number of para-hydroxylation sites is 1. The van der Waals surface area contributed by atoms with Crippen LogP contribution >= 0.6 is 0 Å². The Bertz CT molecular complexity index is 1100. The van der Waals surface area contributed by atoms with Crippen LogP contribution in [0.1, 0.15) is 30.6 Å². The molecule has 0 radical (unpaired) electrons. The fourth-order valence-corrected chi connectivity index (χ4v) is 3.16. The van der Waals surface area contributed by atoms with Crippen LogP contribution in [0.25, 0.3) is 22.1 Å². The third-order valence-electron chi connectivity index (χ3n) is 4.58. The Labute approximate surface area is 168 Å².